The van der Waals surface area contributed by atoms with Crippen LogP contribution in [0, 0.1) is 27.7 Å². The van der Waals surface area contributed by atoms with Crippen molar-refractivity contribution in [3.8, 4) is 0 Å². The molecule has 1 aliphatic rings. The van der Waals surface area contributed by atoms with Crippen LogP contribution in [0.15, 0.2) is 59.9 Å². The van der Waals surface area contributed by atoms with E-state index in [1.165, 1.54) is 12.2 Å². The van der Waals surface area contributed by atoms with Crippen LogP contribution in [0.1, 0.15) is 22.3 Å². The summed E-state index contributed by atoms with van der Waals surface area (Å²) >= 11 is 0. The maximum Gasteiger partial charge on any atom is 0.204 e. The number of carbonyl (C=O) groups is 2. The van der Waals surface area contributed by atoms with Gasteiger partial charge < -0.3 is 10.6 Å². The van der Waals surface area contributed by atoms with Crippen LogP contribution in [0.2, 0.25) is 0 Å². The molecule has 0 aromatic heterocycles. The second kappa shape index (κ2) is 7.00. The number of hydrogen-bond donors (Lipinski definition) is 2. The molecule has 132 valence electrons. The maximum atomic E-state index is 12.5. The van der Waals surface area contributed by atoms with Crippen LogP contribution in [0.4, 0.5) is 11.4 Å². The lowest BCUT2D eigenvalue weighted by atomic mass is 10.0. The fourth-order valence-electron chi connectivity index (χ4n) is 2.95. The van der Waals surface area contributed by atoms with E-state index in [-0.39, 0.29) is 23.0 Å². The number of rotatable bonds is 4. The fourth-order valence-corrected chi connectivity index (χ4v) is 2.95. The second-order valence-corrected chi connectivity index (χ2v) is 6.73. The van der Waals surface area contributed by atoms with Crippen molar-refractivity contribution in [3.63, 3.8) is 0 Å². The molecule has 0 saturated heterocycles. The molecule has 2 N–H and O–H groups in total. The van der Waals surface area contributed by atoms with Gasteiger partial charge in [0, 0.05) is 23.5 Å². The molecule has 3 rings (SSSR count). The number of carbonyl (C=O) groups excluding carboxylic acids is 2. The molecule has 1 aliphatic carbocycles. The average Bonchev–Trinajstić information content (AvgIpc) is 2.57. The van der Waals surface area contributed by atoms with Crippen molar-refractivity contribution in [2.45, 2.75) is 27.7 Å². The van der Waals surface area contributed by atoms with Crippen molar-refractivity contribution in [2.24, 2.45) is 0 Å². The van der Waals surface area contributed by atoms with E-state index in [4.69, 9.17) is 0 Å². The Labute approximate surface area is 153 Å². The van der Waals surface area contributed by atoms with Crippen LogP contribution in [0.5, 0.6) is 0 Å². The normalized spacial score (nSPS) is 14.0. The van der Waals surface area contributed by atoms with E-state index < -0.39 is 0 Å². The molecule has 4 nitrogen and oxygen atoms in total. The van der Waals surface area contributed by atoms with Gasteiger partial charge in [0.05, 0.1) is 11.4 Å². The van der Waals surface area contributed by atoms with Crippen LogP contribution < -0.4 is 10.6 Å². The highest BCUT2D eigenvalue weighted by Gasteiger charge is 2.21. The molecule has 0 amide bonds. The second-order valence-electron chi connectivity index (χ2n) is 6.73. The summed E-state index contributed by atoms with van der Waals surface area (Å²) in [5, 5.41) is 6.16. The summed E-state index contributed by atoms with van der Waals surface area (Å²) < 4.78 is 0. The molecule has 0 aliphatic heterocycles. The summed E-state index contributed by atoms with van der Waals surface area (Å²) in [6.45, 7) is 7.96. The van der Waals surface area contributed by atoms with Crippen LogP contribution in [-0.4, -0.2) is 11.6 Å². The quantitative estimate of drug-likeness (QED) is 0.808. The van der Waals surface area contributed by atoms with Crippen molar-refractivity contribution < 1.29 is 9.59 Å². The molecule has 0 radical (unpaired) electrons. The lowest BCUT2D eigenvalue weighted by molar-refractivity contribution is -0.115. The molecule has 4 heteroatoms. The molecule has 0 saturated carbocycles. The van der Waals surface area contributed by atoms with E-state index in [1.807, 2.05) is 64.1 Å². The number of allylic oxidation sites excluding steroid dienone is 2. The Morgan fingerprint density at radius 1 is 0.615 bits per heavy atom. The highest BCUT2D eigenvalue weighted by molar-refractivity contribution is 6.22. The molecule has 0 fully saturated rings. The van der Waals surface area contributed by atoms with Gasteiger partial charge in [0.15, 0.2) is 0 Å². The third-order valence-electron chi connectivity index (χ3n) is 4.38. The van der Waals surface area contributed by atoms with E-state index in [9.17, 15) is 9.59 Å². The minimum atomic E-state index is -0.225. The third kappa shape index (κ3) is 3.75. The van der Waals surface area contributed by atoms with Crippen molar-refractivity contribution in [1.82, 2.24) is 0 Å². The predicted molar refractivity (Wildman–Crippen MR) is 105 cm³/mol. The number of hydrogen-bond acceptors (Lipinski definition) is 4. The third-order valence-corrected chi connectivity index (χ3v) is 4.38. The smallest absolute Gasteiger partial charge is 0.204 e. The van der Waals surface area contributed by atoms with E-state index in [0.717, 1.165) is 33.6 Å². The Bertz CT molecular complexity index is 889. The van der Waals surface area contributed by atoms with Gasteiger partial charge in [-0.05, 0) is 51.0 Å². The highest BCUT2D eigenvalue weighted by Crippen LogP contribution is 2.23. The molecule has 0 unspecified atom stereocenters. The monoisotopic (exact) mass is 346 g/mol. The van der Waals surface area contributed by atoms with Crippen molar-refractivity contribution in [1.29, 1.82) is 0 Å². The molecular formula is C22H22N2O2. The van der Waals surface area contributed by atoms with Gasteiger partial charge >= 0.3 is 0 Å². The largest absolute Gasteiger partial charge is 0.352 e. The van der Waals surface area contributed by atoms with Crippen LogP contribution in [-0.2, 0) is 9.59 Å². The van der Waals surface area contributed by atoms with E-state index in [1.54, 1.807) is 0 Å². The van der Waals surface area contributed by atoms with E-state index >= 15 is 0 Å². The van der Waals surface area contributed by atoms with E-state index in [2.05, 4.69) is 10.6 Å². The molecule has 0 heterocycles. The number of anilines is 2. The van der Waals surface area contributed by atoms with Gasteiger partial charge in [-0.15, -0.1) is 0 Å². The zero-order chi connectivity index (χ0) is 18.8. The van der Waals surface area contributed by atoms with Crippen LogP contribution in [0.25, 0.3) is 0 Å². The topological polar surface area (TPSA) is 58.2 Å². The first-order valence-electron chi connectivity index (χ1n) is 8.54. The minimum absolute atomic E-state index is 0.225. The number of nitrogens with one attached hydrogen (secondary N) is 2. The summed E-state index contributed by atoms with van der Waals surface area (Å²) in [6, 6.07) is 11.8. The first-order valence-corrected chi connectivity index (χ1v) is 8.54. The van der Waals surface area contributed by atoms with Gasteiger partial charge in [0.2, 0.25) is 11.6 Å². The summed E-state index contributed by atoms with van der Waals surface area (Å²) in [5.41, 5.74) is 6.55. The zero-order valence-electron chi connectivity index (χ0n) is 15.4. The standard InChI is InChI=1S/C22H22N2O2/c1-13-5-7-17(15(3)9-13)23-19-11-22(26)20(12-21(19)25)24-18-8-6-14(2)10-16(18)4/h5-12,23-24H,1-4H3. The first kappa shape index (κ1) is 17.7. The molecule has 0 bridgehead atoms. The van der Waals surface area contributed by atoms with Crippen molar-refractivity contribution in [3.05, 3.63) is 82.2 Å². The summed E-state index contributed by atoms with van der Waals surface area (Å²) in [6.07, 6.45) is 2.71. The Kier molecular flexibility index (Phi) is 4.76. The van der Waals surface area contributed by atoms with Gasteiger partial charge in [0.25, 0.3) is 0 Å². The van der Waals surface area contributed by atoms with Crippen molar-refractivity contribution in [2.75, 3.05) is 10.6 Å². The number of benzene rings is 2. The Morgan fingerprint density at radius 2 is 1.00 bits per heavy atom. The summed E-state index contributed by atoms with van der Waals surface area (Å²) in [5.74, 6) is -0.450. The Hall–Kier alpha value is -3.14. The van der Waals surface area contributed by atoms with Gasteiger partial charge in [-0.3, -0.25) is 9.59 Å². The molecule has 2 aromatic carbocycles. The van der Waals surface area contributed by atoms with Gasteiger partial charge in [-0.25, -0.2) is 0 Å². The van der Waals surface area contributed by atoms with Crippen LogP contribution in [0.3, 0.4) is 0 Å². The SMILES string of the molecule is Cc1ccc(NC2=CC(=O)C(Nc3ccc(C)cc3C)=CC2=O)c(C)c1. The predicted octanol–water partition coefficient (Wildman–Crippen LogP) is 4.36. The zero-order valence-corrected chi connectivity index (χ0v) is 15.4. The molecular weight excluding hydrogens is 324 g/mol. The van der Waals surface area contributed by atoms with E-state index in [0.29, 0.717) is 0 Å². The number of ketones is 2. The summed E-state index contributed by atoms with van der Waals surface area (Å²) in [4.78, 5) is 24.9. The van der Waals surface area contributed by atoms with Crippen molar-refractivity contribution >= 4 is 22.9 Å². The lowest BCUT2D eigenvalue weighted by Gasteiger charge is -2.17. The first-order chi connectivity index (χ1) is 12.3. The molecule has 0 atom stereocenters. The highest BCUT2D eigenvalue weighted by atomic mass is 16.1. The Morgan fingerprint density at radius 3 is 1.35 bits per heavy atom. The lowest BCUT2D eigenvalue weighted by Crippen LogP contribution is -2.22. The minimum Gasteiger partial charge on any atom is -0.352 e. The van der Waals surface area contributed by atoms with Crippen LogP contribution >= 0.6 is 0 Å². The average molecular weight is 346 g/mol. The molecule has 0 spiro atoms. The fraction of sp³-hybridized carbons (Fsp3) is 0.182. The molecule has 26 heavy (non-hydrogen) atoms. The maximum absolute atomic E-state index is 12.5. The van der Waals surface area contributed by atoms with Gasteiger partial charge in [-0.1, -0.05) is 35.4 Å². The summed E-state index contributed by atoms with van der Waals surface area (Å²) in [7, 11) is 0. The number of aryl methyl sites for hydroxylation is 4. The molecule has 2 aromatic rings. The Balaban J connectivity index is 1.79. The van der Waals surface area contributed by atoms with Gasteiger partial charge in [-0.2, -0.15) is 0 Å². The van der Waals surface area contributed by atoms with Gasteiger partial charge in [0.1, 0.15) is 0 Å².